The number of hydrogen-bond donors (Lipinski definition) is 3. The zero-order valence-electron chi connectivity index (χ0n) is 24.7. The Kier molecular flexibility index (Phi) is 9.23. The number of benzene rings is 1. The molecule has 1 aliphatic carbocycles. The Morgan fingerprint density at radius 3 is 2.60 bits per heavy atom. The molecule has 1 saturated heterocycles. The number of carbonyl (C=O) groups is 3. The average molecular weight is 553 g/mol. The number of hydrogen-bond acceptors (Lipinski definition) is 6. The number of aromatic amines is 1. The molecule has 9 nitrogen and oxygen atoms in total. The fraction of sp³-hybridized carbons (Fsp3) is 0.581. The molecule has 40 heavy (non-hydrogen) atoms. The summed E-state index contributed by atoms with van der Waals surface area (Å²) in [7, 11) is 3.67. The Labute approximate surface area is 237 Å². The minimum atomic E-state index is -0.751. The highest BCUT2D eigenvalue weighted by Crippen LogP contribution is 2.37. The molecule has 9 heteroatoms. The third kappa shape index (κ3) is 6.86. The second-order valence-electron chi connectivity index (χ2n) is 12.1. The minimum absolute atomic E-state index is 0.0506. The molecule has 0 saturated carbocycles. The molecule has 1 aliphatic heterocycles. The third-order valence-corrected chi connectivity index (χ3v) is 8.00. The van der Waals surface area contributed by atoms with E-state index in [-0.39, 0.29) is 29.1 Å². The Bertz CT molecular complexity index is 1240. The molecule has 1 aromatic heterocycles. The van der Waals surface area contributed by atoms with E-state index in [1.807, 2.05) is 13.0 Å². The lowest BCUT2D eigenvalue weighted by Crippen LogP contribution is -2.44. The van der Waals surface area contributed by atoms with Crippen LogP contribution < -0.4 is 20.1 Å². The number of ketones is 1. The molecule has 1 fully saturated rings. The number of likely N-dealkylation sites (tertiary alicyclic amines) is 1. The normalized spacial score (nSPS) is 18.1. The van der Waals surface area contributed by atoms with Gasteiger partial charge in [-0.25, -0.2) is 0 Å². The SMILES string of the molecule is CCCC[C@H](NC(=O)c1[nH]c2c(c1C)C(=O)CC(C)(C)C2)C(=O)Nc1ccc(OC2CCN(C)CC2)cc1OC. The zero-order valence-corrected chi connectivity index (χ0v) is 24.7. The van der Waals surface area contributed by atoms with Gasteiger partial charge in [-0.1, -0.05) is 33.6 Å². The van der Waals surface area contributed by atoms with Gasteiger partial charge in [-0.2, -0.15) is 0 Å². The first-order chi connectivity index (χ1) is 19.0. The molecule has 2 aliphatic rings. The predicted octanol–water partition coefficient (Wildman–Crippen LogP) is 4.89. The van der Waals surface area contributed by atoms with Crippen molar-refractivity contribution in [2.45, 2.75) is 84.8 Å². The van der Waals surface area contributed by atoms with Crippen LogP contribution in [0.25, 0.3) is 0 Å². The monoisotopic (exact) mass is 552 g/mol. The summed E-state index contributed by atoms with van der Waals surface area (Å²) in [4.78, 5) is 45.1. The Morgan fingerprint density at radius 1 is 1.20 bits per heavy atom. The van der Waals surface area contributed by atoms with Crippen molar-refractivity contribution in [3.63, 3.8) is 0 Å². The van der Waals surface area contributed by atoms with Gasteiger partial charge in [-0.05, 0) is 62.8 Å². The van der Waals surface area contributed by atoms with Gasteiger partial charge >= 0.3 is 0 Å². The quantitative estimate of drug-likeness (QED) is 0.387. The highest BCUT2D eigenvalue weighted by atomic mass is 16.5. The molecule has 0 spiro atoms. The molecule has 2 amide bonds. The summed E-state index contributed by atoms with van der Waals surface area (Å²) >= 11 is 0. The van der Waals surface area contributed by atoms with Crippen LogP contribution in [0.1, 0.15) is 91.4 Å². The molecule has 4 rings (SSSR count). The first-order valence-corrected chi connectivity index (χ1v) is 14.4. The highest BCUT2D eigenvalue weighted by Gasteiger charge is 2.35. The van der Waals surface area contributed by atoms with Gasteiger partial charge in [0.15, 0.2) is 5.78 Å². The van der Waals surface area contributed by atoms with Gasteiger partial charge in [0.1, 0.15) is 29.3 Å². The van der Waals surface area contributed by atoms with E-state index in [2.05, 4.69) is 41.4 Å². The predicted molar refractivity (Wildman–Crippen MR) is 156 cm³/mol. The van der Waals surface area contributed by atoms with Crippen LogP contribution in [0.15, 0.2) is 18.2 Å². The molecule has 1 aromatic carbocycles. The van der Waals surface area contributed by atoms with Crippen molar-refractivity contribution < 1.29 is 23.9 Å². The highest BCUT2D eigenvalue weighted by molar-refractivity contribution is 6.06. The molecular formula is C31H44N4O5. The Hall–Kier alpha value is -3.33. The van der Waals surface area contributed by atoms with Crippen molar-refractivity contribution in [2.75, 3.05) is 32.6 Å². The van der Waals surface area contributed by atoms with Crippen molar-refractivity contribution in [3.8, 4) is 11.5 Å². The fourth-order valence-electron chi connectivity index (χ4n) is 5.73. The summed E-state index contributed by atoms with van der Waals surface area (Å²) in [6.45, 7) is 9.94. The maximum atomic E-state index is 13.4. The third-order valence-electron chi connectivity index (χ3n) is 8.00. The van der Waals surface area contributed by atoms with Crippen molar-refractivity contribution in [3.05, 3.63) is 40.7 Å². The lowest BCUT2D eigenvalue weighted by atomic mass is 9.75. The number of piperidine rings is 1. The molecule has 218 valence electrons. The first kappa shape index (κ1) is 29.6. The minimum Gasteiger partial charge on any atom is -0.494 e. The largest absolute Gasteiger partial charge is 0.494 e. The van der Waals surface area contributed by atoms with Gasteiger partial charge in [-0.15, -0.1) is 0 Å². The summed E-state index contributed by atoms with van der Waals surface area (Å²) in [6.07, 6.45) is 5.36. The molecular weight excluding hydrogens is 508 g/mol. The van der Waals surface area contributed by atoms with E-state index in [9.17, 15) is 14.4 Å². The number of rotatable bonds is 10. The van der Waals surface area contributed by atoms with Crippen molar-refractivity contribution in [1.82, 2.24) is 15.2 Å². The van der Waals surface area contributed by atoms with Crippen LogP contribution in [0.5, 0.6) is 11.5 Å². The molecule has 0 radical (unpaired) electrons. The number of nitrogens with one attached hydrogen (secondary N) is 3. The number of anilines is 1. The van der Waals surface area contributed by atoms with Crippen molar-refractivity contribution >= 4 is 23.3 Å². The number of carbonyl (C=O) groups excluding carboxylic acids is 3. The number of amides is 2. The Morgan fingerprint density at radius 2 is 1.93 bits per heavy atom. The summed E-state index contributed by atoms with van der Waals surface area (Å²) < 4.78 is 11.7. The van der Waals surface area contributed by atoms with Crippen LogP contribution in [0.2, 0.25) is 0 Å². The van der Waals surface area contributed by atoms with Crippen LogP contribution >= 0.6 is 0 Å². The molecule has 2 aromatic rings. The molecule has 1 atom stereocenters. The van der Waals surface area contributed by atoms with E-state index in [0.717, 1.165) is 44.5 Å². The summed E-state index contributed by atoms with van der Waals surface area (Å²) in [6, 6.07) is 4.65. The van der Waals surface area contributed by atoms with Gasteiger partial charge < -0.3 is 30.0 Å². The van der Waals surface area contributed by atoms with E-state index >= 15 is 0 Å². The van der Waals surface area contributed by atoms with E-state index < -0.39 is 6.04 Å². The molecule has 2 heterocycles. The van der Waals surface area contributed by atoms with Gasteiger partial charge in [0.2, 0.25) is 5.91 Å². The molecule has 0 unspecified atom stereocenters. The van der Waals surface area contributed by atoms with Crippen LogP contribution in [0.3, 0.4) is 0 Å². The van der Waals surface area contributed by atoms with E-state index in [0.29, 0.717) is 53.3 Å². The summed E-state index contributed by atoms with van der Waals surface area (Å²) in [5, 5.41) is 5.86. The van der Waals surface area contributed by atoms with Crippen molar-refractivity contribution in [2.24, 2.45) is 5.41 Å². The van der Waals surface area contributed by atoms with E-state index in [4.69, 9.17) is 9.47 Å². The van der Waals surface area contributed by atoms with Gasteiger partial charge in [0, 0.05) is 36.8 Å². The lowest BCUT2D eigenvalue weighted by Gasteiger charge is -2.29. The van der Waals surface area contributed by atoms with Gasteiger partial charge in [-0.3, -0.25) is 14.4 Å². The number of methoxy groups -OCH3 is 1. The maximum absolute atomic E-state index is 13.4. The maximum Gasteiger partial charge on any atom is 0.268 e. The first-order valence-electron chi connectivity index (χ1n) is 14.4. The van der Waals surface area contributed by atoms with Crippen molar-refractivity contribution in [1.29, 1.82) is 0 Å². The number of H-pyrrole nitrogens is 1. The number of nitrogens with zero attached hydrogens (tertiary/aromatic N) is 1. The van der Waals surface area contributed by atoms with Crippen LogP contribution in [0, 0.1) is 12.3 Å². The average Bonchev–Trinajstić information content (AvgIpc) is 3.23. The van der Waals surface area contributed by atoms with Crippen LogP contribution in [-0.4, -0.2) is 66.9 Å². The number of Topliss-reactive ketones (excluding diaryl/α,β-unsaturated/α-hetero) is 1. The number of fused-ring (bicyclic) bond motifs is 1. The summed E-state index contributed by atoms with van der Waals surface area (Å²) in [5.41, 5.74) is 2.75. The topological polar surface area (TPSA) is 113 Å². The smallest absolute Gasteiger partial charge is 0.268 e. The lowest BCUT2D eigenvalue weighted by molar-refractivity contribution is -0.118. The Balaban J connectivity index is 1.47. The van der Waals surface area contributed by atoms with Gasteiger partial charge in [0.05, 0.1) is 12.8 Å². The van der Waals surface area contributed by atoms with E-state index in [1.54, 1.807) is 26.2 Å². The van der Waals surface area contributed by atoms with Crippen LogP contribution in [-0.2, 0) is 11.2 Å². The number of unbranched alkanes of at least 4 members (excludes halogenated alkanes) is 1. The molecule has 3 N–H and O–H groups in total. The second kappa shape index (κ2) is 12.5. The van der Waals surface area contributed by atoms with Gasteiger partial charge in [0.25, 0.3) is 5.91 Å². The summed E-state index contributed by atoms with van der Waals surface area (Å²) in [5.74, 6) is 0.532. The standard InChI is InChI=1S/C31H44N4O5/c1-7-8-9-23(34-30(38)28-19(2)27-24(32-28)17-31(3,4)18-25(27)36)29(37)33-22-11-10-21(16-26(22)39-6)40-20-12-14-35(5)15-13-20/h10-11,16,20,23,32H,7-9,12-15,17-18H2,1-6H3,(H,33,37)(H,34,38)/t23-/m0/s1. The van der Waals surface area contributed by atoms with Crippen LogP contribution in [0.4, 0.5) is 5.69 Å². The zero-order chi connectivity index (χ0) is 29.0. The van der Waals surface area contributed by atoms with E-state index in [1.165, 1.54) is 0 Å². The second-order valence-corrected chi connectivity index (χ2v) is 12.1. The number of ether oxygens (including phenoxy) is 2. The molecule has 0 bridgehead atoms. The number of aromatic nitrogens is 1. The fourth-order valence-corrected chi connectivity index (χ4v) is 5.73.